The van der Waals surface area contributed by atoms with E-state index in [1.165, 1.54) is 17.2 Å². The molecule has 0 unspecified atom stereocenters. The number of halogens is 2. The molecule has 2 aromatic heterocycles. The zero-order valence-electron chi connectivity index (χ0n) is 23.1. The third-order valence-electron chi connectivity index (χ3n) is 5.50. The van der Waals surface area contributed by atoms with E-state index in [0.29, 0.717) is 5.75 Å². The molecule has 0 radical (unpaired) electrons. The number of esters is 1. The smallest absolute Gasteiger partial charge is 0.323 e. The molecule has 0 aromatic carbocycles. The van der Waals surface area contributed by atoms with E-state index in [4.69, 9.17) is 47.7 Å². The minimum absolute atomic E-state index is 0.00185. The van der Waals surface area contributed by atoms with Crippen LogP contribution >= 0.6 is 30.0 Å². The van der Waals surface area contributed by atoms with Crippen molar-refractivity contribution in [3.8, 4) is 0 Å². The van der Waals surface area contributed by atoms with Gasteiger partial charge in [0.05, 0.1) is 31.7 Å². The number of hydrogen-bond acceptors (Lipinski definition) is 12. The number of carbonyl (C=O) groups is 2. The van der Waals surface area contributed by atoms with Crippen LogP contribution in [0.3, 0.4) is 0 Å². The fourth-order valence-electron chi connectivity index (χ4n) is 3.57. The number of hydrogen-bond donors (Lipinski definition) is 2. The third kappa shape index (κ3) is 8.54. The van der Waals surface area contributed by atoms with Gasteiger partial charge < -0.3 is 24.3 Å². The van der Waals surface area contributed by atoms with Gasteiger partial charge in [-0.3, -0.25) is 14.2 Å². The van der Waals surface area contributed by atoms with Crippen LogP contribution in [0.4, 0.5) is 10.2 Å². The van der Waals surface area contributed by atoms with Crippen molar-refractivity contribution in [3.63, 3.8) is 0 Å². The number of alkyl halides is 2. The number of nitrogen functional groups attached to an aromatic ring is 1. The summed E-state index contributed by atoms with van der Waals surface area (Å²) in [5.74, 6) is -0.0833. The standard InChI is InChI=1S/C23H35ClFN6O6PS2/c1-13(2)36-19(32)14(3)30-38(39,34-7-8-40-21(33)22(4,5)6)35-10-15-9-23(24,25)20(37-15)31-12-29-16-17(26)27-11-28-18(16)31/h11-15,20H,7-10H2,1-6H3,(H,30,39)(H2,26,27,28)/t14-,15-,20+,23+,38+/m0/s1. The lowest BCUT2D eigenvalue weighted by molar-refractivity contribution is -0.149. The molecule has 1 fully saturated rings. The molecule has 3 heterocycles. The van der Waals surface area contributed by atoms with Crippen LogP contribution in [0.1, 0.15) is 54.2 Å². The zero-order chi connectivity index (χ0) is 29.9. The zero-order valence-corrected chi connectivity index (χ0v) is 26.4. The van der Waals surface area contributed by atoms with Crippen molar-refractivity contribution in [1.82, 2.24) is 24.6 Å². The molecule has 0 bridgehead atoms. The van der Waals surface area contributed by atoms with Gasteiger partial charge in [0.15, 0.2) is 22.8 Å². The number of imidazole rings is 1. The summed E-state index contributed by atoms with van der Waals surface area (Å²) in [5.41, 5.74) is 5.88. The molecule has 17 heteroatoms. The van der Waals surface area contributed by atoms with Crippen molar-refractivity contribution < 1.29 is 32.5 Å². The second-order valence-corrected chi connectivity index (χ2v) is 15.4. The molecule has 2 aromatic rings. The van der Waals surface area contributed by atoms with E-state index in [1.54, 1.807) is 20.8 Å². The van der Waals surface area contributed by atoms with E-state index in [0.717, 1.165) is 11.8 Å². The summed E-state index contributed by atoms with van der Waals surface area (Å²) >= 11 is 13.0. The summed E-state index contributed by atoms with van der Waals surface area (Å²) < 4.78 is 39.8. The number of fused-ring (bicyclic) bond motifs is 1. The Balaban J connectivity index is 1.69. The van der Waals surface area contributed by atoms with E-state index in [9.17, 15) is 9.59 Å². The molecule has 0 amide bonds. The highest BCUT2D eigenvalue weighted by Gasteiger charge is 2.50. The second-order valence-electron chi connectivity index (χ2n) is 10.5. The van der Waals surface area contributed by atoms with Gasteiger partial charge in [-0.05, 0) is 32.6 Å². The molecular weight excluding hydrogens is 606 g/mol. The average molecular weight is 641 g/mol. The maximum Gasteiger partial charge on any atom is 0.323 e. The fourth-order valence-corrected chi connectivity index (χ4v) is 7.18. The maximum atomic E-state index is 15.5. The molecular formula is C23H35ClFN6O6PS2. The predicted molar refractivity (Wildman–Crippen MR) is 155 cm³/mol. The molecule has 224 valence electrons. The first kappa shape index (κ1) is 33.1. The first-order chi connectivity index (χ1) is 18.5. The number of nitrogens with zero attached hydrogens (tertiary/aromatic N) is 4. The van der Waals surface area contributed by atoms with Crippen LogP contribution in [0.15, 0.2) is 12.7 Å². The summed E-state index contributed by atoms with van der Waals surface area (Å²) in [7, 11) is 0. The fraction of sp³-hybridized carbons (Fsp3) is 0.696. The number of anilines is 1. The third-order valence-corrected chi connectivity index (χ3v) is 9.75. The topological polar surface area (TPSA) is 153 Å². The second kappa shape index (κ2) is 13.2. The number of nitrogens with one attached hydrogen (secondary N) is 1. The number of carbonyl (C=O) groups excluding carboxylic acids is 2. The summed E-state index contributed by atoms with van der Waals surface area (Å²) in [5, 5.41) is 0.590. The molecule has 1 aliphatic rings. The van der Waals surface area contributed by atoms with E-state index >= 15 is 4.39 Å². The van der Waals surface area contributed by atoms with Gasteiger partial charge >= 0.3 is 5.97 Å². The van der Waals surface area contributed by atoms with Gasteiger partial charge in [-0.25, -0.2) is 24.4 Å². The van der Waals surface area contributed by atoms with Gasteiger partial charge in [-0.15, -0.1) is 0 Å². The molecule has 3 rings (SSSR count). The first-order valence-corrected chi connectivity index (χ1v) is 16.5. The highest BCUT2D eigenvalue weighted by molar-refractivity contribution is 8.13. The molecule has 12 nitrogen and oxygen atoms in total. The molecule has 0 spiro atoms. The van der Waals surface area contributed by atoms with Crippen LogP contribution in [0.25, 0.3) is 11.2 Å². The van der Waals surface area contributed by atoms with E-state index in [-0.39, 0.29) is 47.8 Å². The highest BCUT2D eigenvalue weighted by atomic mass is 35.5. The minimum Gasteiger partial charge on any atom is -0.462 e. The normalized spacial score (nSPS) is 23.8. The van der Waals surface area contributed by atoms with E-state index in [2.05, 4.69) is 20.0 Å². The number of ether oxygens (including phenoxy) is 2. The SMILES string of the molecule is CC(C)OC(=O)[C@H](C)N[P@@](=S)(OCCSC(=O)C(C)(C)C)OC[C@@H]1C[C@](F)(Cl)[C@H](n2cnc3c(N)ncnc32)O1. The summed E-state index contributed by atoms with van der Waals surface area (Å²) in [6.07, 6.45) is -0.123. The van der Waals surface area contributed by atoms with Crippen LogP contribution in [0.2, 0.25) is 0 Å². The Labute approximate surface area is 246 Å². The Hall–Kier alpha value is -1.45. The lowest BCUT2D eigenvalue weighted by Crippen LogP contribution is -2.36. The Kier molecular flexibility index (Phi) is 10.9. The lowest BCUT2D eigenvalue weighted by Gasteiger charge is -2.27. The average Bonchev–Trinajstić information content (AvgIpc) is 3.40. The van der Waals surface area contributed by atoms with Crippen molar-refractivity contribution in [1.29, 1.82) is 0 Å². The number of aromatic nitrogens is 4. The molecule has 1 aliphatic heterocycles. The quantitative estimate of drug-likeness (QED) is 0.148. The summed E-state index contributed by atoms with van der Waals surface area (Å²) in [4.78, 5) is 36.8. The van der Waals surface area contributed by atoms with Crippen molar-refractivity contribution in [2.75, 3.05) is 24.7 Å². The van der Waals surface area contributed by atoms with Gasteiger partial charge in [0.25, 0.3) is 6.64 Å². The van der Waals surface area contributed by atoms with Gasteiger partial charge in [0, 0.05) is 17.6 Å². The van der Waals surface area contributed by atoms with Crippen LogP contribution in [0.5, 0.6) is 0 Å². The summed E-state index contributed by atoms with van der Waals surface area (Å²) in [6, 6.07) is -0.856. The minimum atomic E-state index is -3.34. The Morgan fingerprint density at radius 1 is 1.35 bits per heavy atom. The predicted octanol–water partition coefficient (Wildman–Crippen LogP) is 4.09. The van der Waals surface area contributed by atoms with Gasteiger partial charge in [0.2, 0.25) is 5.13 Å². The summed E-state index contributed by atoms with van der Waals surface area (Å²) in [6.45, 7) is 7.04. The Morgan fingerprint density at radius 3 is 2.70 bits per heavy atom. The number of rotatable bonds is 12. The molecule has 3 N–H and O–H groups in total. The van der Waals surface area contributed by atoms with Crippen molar-refractivity contribution in [2.24, 2.45) is 5.41 Å². The largest absolute Gasteiger partial charge is 0.462 e. The highest BCUT2D eigenvalue weighted by Crippen LogP contribution is 2.49. The van der Waals surface area contributed by atoms with E-state index in [1.807, 2.05) is 20.8 Å². The Bertz CT molecular complexity index is 1260. The van der Waals surface area contributed by atoms with Crippen LogP contribution < -0.4 is 10.8 Å². The van der Waals surface area contributed by atoms with Crippen molar-refractivity contribution >= 4 is 69.9 Å². The molecule has 0 saturated carbocycles. The van der Waals surface area contributed by atoms with Gasteiger partial charge in [-0.2, -0.15) is 0 Å². The monoisotopic (exact) mass is 640 g/mol. The van der Waals surface area contributed by atoms with Crippen LogP contribution in [-0.2, 0) is 39.9 Å². The molecule has 40 heavy (non-hydrogen) atoms. The van der Waals surface area contributed by atoms with Gasteiger partial charge in [0.1, 0.15) is 17.9 Å². The first-order valence-electron chi connectivity index (χ1n) is 12.5. The number of thioether (sulfide) groups is 1. The Morgan fingerprint density at radius 2 is 2.05 bits per heavy atom. The number of nitrogens with two attached hydrogens (primary N) is 1. The van der Waals surface area contributed by atoms with Crippen LogP contribution in [-0.4, -0.2) is 72.9 Å². The molecule has 5 atom stereocenters. The maximum absolute atomic E-state index is 15.5. The van der Waals surface area contributed by atoms with Crippen LogP contribution in [0, 0.1) is 5.41 Å². The lowest BCUT2D eigenvalue weighted by atomic mass is 10.00. The van der Waals surface area contributed by atoms with E-state index < -0.39 is 41.5 Å². The molecule has 0 aliphatic carbocycles. The van der Waals surface area contributed by atoms with Crippen molar-refractivity contribution in [3.05, 3.63) is 12.7 Å². The van der Waals surface area contributed by atoms with Gasteiger partial charge in [-0.1, -0.05) is 44.1 Å². The molecule has 1 saturated heterocycles. The van der Waals surface area contributed by atoms with Crippen molar-refractivity contribution in [2.45, 2.75) is 77.6 Å².